The zero-order valence-corrected chi connectivity index (χ0v) is 19.0. The second-order valence-electron chi connectivity index (χ2n) is 8.06. The van der Waals surface area contributed by atoms with E-state index in [-0.39, 0.29) is 35.5 Å². The van der Waals surface area contributed by atoms with E-state index in [4.69, 9.17) is 4.98 Å². The Morgan fingerprint density at radius 3 is 2.43 bits per heavy atom. The number of anilines is 1. The van der Waals surface area contributed by atoms with Crippen LogP contribution in [0.25, 0.3) is 10.2 Å². The van der Waals surface area contributed by atoms with E-state index in [1.807, 2.05) is 30.3 Å². The summed E-state index contributed by atoms with van der Waals surface area (Å²) in [4.78, 5) is 32.3. The maximum absolute atomic E-state index is 13.1. The predicted octanol–water partition coefficient (Wildman–Crippen LogP) is 5.66. The topological polar surface area (TPSA) is 50.3 Å². The maximum atomic E-state index is 13.1. The molecule has 6 rings (SSSR count). The molecule has 1 saturated heterocycles. The lowest BCUT2D eigenvalue weighted by Gasteiger charge is -2.17. The fraction of sp³-hybridized carbons (Fsp3) is 0.261. The van der Waals surface area contributed by atoms with Gasteiger partial charge in [0.2, 0.25) is 11.8 Å². The van der Waals surface area contributed by atoms with Crippen molar-refractivity contribution in [1.29, 1.82) is 0 Å². The highest BCUT2D eigenvalue weighted by atomic mass is 79.9. The zero-order chi connectivity index (χ0) is 20.4. The van der Waals surface area contributed by atoms with Gasteiger partial charge in [0.05, 0.1) is 27.7 Å². The van der Waals surface area contributed by atoms with Crippen molar-refractivity contribution in [2.45, 2.75) is 16.5 Å². The summed E-state index contributed by atoms with van der Waals surface area (Å²) in [7, 11) is 0. The number of carbonyl (C=O) groups excluding carboxylic acids is 2. The van der Waals surface area contributed by atoms with Gasteiger partial charge in [0.1, 0.15) is 0 Å². The van der Waals surface area contributed by atoms with Crippen molar-refractivity contribution in [2.75, 3.05) is 4.90 Å². The second kappa shape index (κ2) is 7.04. The molecule has 2 fully saturated rings. The van der Waals surface area contributed by atoms with Crippen LogP contribution in [0, 0.1) is 23.7 Å². The molecule has 3 aliphatic rings. The van der Waals surface area contributed by atoms with Crippen LogP contribution in [0.4, 0.5) is 5.69 Å². The second-order valence-corrected chi connectivity index (χ2v) is 11.2. The molecule has 2 aromatic carbocycles. The molecule has 0 spiro atoms. The molecular formula is C23H17BrN2O2S2. The van der Waals surface area contributed by atoms with E-state index in [1.165, 1.54) is 10.5 Å². The first-order chi connectivity index (χ1) is 14.6. The standard InChI is InChI=1S/C23H17BrN2O2S2/c24-15-5-1-12(2-6-15)11-29-23-25-17-8-7-16(10-18(17)30-23)26-21(27)19-13-3-4-14(9-13)20(19)22(26)28/h1-8,10,13-14,19-20H,9,11H2/t13-,14-,19-,20+/m0/s1. The Morgan fingerprint density at radius 1 is 1.03 bits per heavy atom. The molecule has 30 heavy (non-hydrogen) atoms. The summed E-state index contributed by atoms with van der Waals surface area (Å²) in [5, 5.41) is 0. The maximum Gasteiger partial charge on any atom is 0.238 e. The third-order valence-electron chi connectivity index (χ3n) is 6.36. The molecule has 1 aliphatic heterocycles. The number of carbonyl (C=O) groups is 2. The van der Waals surface area contributed by atoms with Crippen molar-refractivity contribution in [3.8, 4) is 0 Å². The molecule has 0 radical (unpaired) electrons. The summed E-state index contributed by atoms with van der Waals surface area (Å²) in [6.45, 7) is 0. The molecule has 1 aromatic heterocycles. The van der Waals surface area contributed by atoms with E-state index in [2.05, 4.69) is 40.2 Å². The number of amides is 2. The summed E-state index contributed by atoms with van der Waals surface area (Å²) in [6.07, 6.45) is 5.21. The zero-order valence-electron chi connectivity index (χ0n) is 15.8. The van der Waals surface area contributed by atoms with E-state index < -0.39 is 0 Å². The molecule has 150 valence electrons. The van der Waals surface area contributed by atoms with Crippen molar-refractivity contribution in [3.63, 3.8) is 0 Å². The lowest BCUT2D eigenvalue weighted by Crippen LogP contribution is -2.32. The summed E-state index contributed by atoms with van der Waals surface area (Å²) in [5.74, 6) is 0.919. The molecule has 2 aliphatic carbocycles. The Kier molecular flexibility index (Phi) is 4.41. The first-order valence-corrected chi connectivity index (χ1v) is 12.5. The molecule has 0 N–H and O–H groups in total. The fourth-order valence-electron chi connectivity index (χ4n) is 4.98. The van der Waals surface area contributed by atoms with Gasteiger partial charge in [0.25, 0.3) is 0 Å². The molecule has 2 heterocycles. The van der Waals surface area contributed by atoms with Crippen LogP contribution in [0.15, 0.2) is 63.4 Å². The third kappa shape index (κ3) is 2.90. The number of halogens is 1. The smallest absolute Gasteiger partial charge is 0.238 e. The van der Waals surface area contributed by atoms with Gasteiger partial charge >= 0.3 is 0 Å². The van der Waals surface area contributed by atoms with Gasteiger partial charge in [0, 0.05) is 10.2 Å². The summed E-state index contributed by atoms with van der Waals surface area (Å²) in [6, 6.07) is 14.0. The van der Waals surface area contributed by atoms with Gasteiger partial charge in [-0.2, -0.15) is 0 Å². The quantitative estimate of drug-likeness (QED) is 0.265. The molecule has 7 heteroatoms. The highest BCUT2D eigenvalue weighted by Gasteiger charge is 2.59. The molecular weight excluding hydrogens is 480 g/mol. The molecule has 2 bridgehead atoms. The number of imide groups is 1. The first kappa shape index (κ1) is 18.8. The van der Waals surface area contributed by atoms with Crippen molar-refractivity contribution < 1.29 is 9.59 Å². The van der Waals surface area contributed by atoms with Gasteiger partial charge in [-0.25, -0.2) is 9.88 Å². The summed E-state index contributed by atoms with van der Waals surface area (Å²) in [5.41, 5.74) is 2.83. The monoisotopic (exact) mass is 496 g/mol. The Hall–Kier alpha value is -1.96. The number of nitrogens with zero attached hydrogens (tertiary/aromatic N) is 2. The largest absolute Gasteiger partial charge is 0.274 e. The molecule has 1 saturated carbocycles. The summed E-state index contributed by atoms with van der Waals surface area (Å²) >= 11 is 6.77. The SMILES string of the molecule is O=C1[C@@H]2[C@H](C(=O)N1c1ccc3nc(SCc4ccc(Br)cc4)sc3c1)[C@H]1C=C[C@H]2C1. The van der Waals surface area contributed by atoms with Gasteiger partial charge in [-0.05, 0) is 54.2 Å². The van der Waals surface area contributed by atoms with E-state index in [0.717, 1.165) is 31.2 Å². The number of fused-ring (bicyclic) bond motifs is 6. The first-order valence-electron chi connectivity index (χ1n) is 9.92. The van der Waals surface area contributed by atoms with Gasteiger partial charge in [0.15, 0.2) is 4.34 Å². The predicted molar refractivity (Wildman–Crippen MR) is 124 cm³/mol. The van der Waals surface area contributed by atoms with Crippen LogP contribution in [0.3, 0.4) is 0 Å². The van der Waals surface area contributed by atoms with Crippen LogP contribution >= 0.6 is 39.0 Å². The average Bonchev–Trinajstić information content (AvgIpc) is 3.50. The van der Waals surface area contributed by atoms with Crippen LogP contribution in [0.5, 0.6) is 0 Å². The van der Waals surface area contributed by atoms with Crippen LogP contribution in [-0.2, 0) is 15.3 Å². The van der Waals surface area contributed by atoms with Crippen molar-refractivity contribution in [2.24, 2.45) is 23.7 Å². The third-order valence-corrected chi connectivity index (χ3v) is 9.12. The number of rotatable bonds is 4. The Balaban J connectivity index is 1.25. The minimum atomic E-state index is -0.165. The molecule has 2 amide bonds. The number of thioether (sulfide) groups is 1. The molecule has 0 unspecified atom stereocenters. The fourth-order valence-corrected chi connectivity index (χ4v) is 7.30. The molecule has 4 atom stereocenters. The number of hydrogen-bond donors (Lipinski definition) is 0. The molecule has 4 nitrogen and oxygen atoms in total. The van der Waals surface area contributed by atoms with Crippen molar-refractivity contribution in [1.82, 2.24) is 4.98 Å². The van der Waals surface area contributed by atoms with Gasteiger partial charge in [-0.3, -0.25) is 9.59 Å². The van der Waals surface area contributed by atoms with E-state index in [9.17, 15) is 9.59 Å². The Morgan fingerprint density at radius 2 is 1.73 bits per heavy atom. The normalized spacial score (nSPS) is 26.9. The average molecular weight is 497 g/mol. The summed E-state index contributed by atoms with van der Waals surface area (Å²) < 4.78 is 3.07. The van der Waals surface area contributed by atoms with Crippen LogP contribution < -0.4 is 4.90 Å². The highest BCUT2D eigenvalue weighted by molar-refractivity contribution is 9.10. The molecule has 3 aromatic rings. The minimum Gasteiger partial charge on any atom is -0.274 e. The number of allylic oxidation sites excluding steroid dienone is 2. The van der Waals surface area contributed by atoms with Crippen molar-refractivity contribution in [3.05, 3.63) is 64.7 Å². The van der Waals surface area contributed by atoms with E-state index in [0.29, 0.717) is 5.69 Å². The Labute approximate surface area is 190 Å². The minimum absolute atomic E-state index is 0.0319. The highest BCUT2D eigenvalue weighted by Crippen LogP contribution is 2.53. The van der Waals surface area contributed by atoms with Crippen LogP contribution in [-0.4, -0.2) is 16.8 Å². The van der Waals surface area contributed by atoms with Crippen molar-refractivity contribution >= 4 is 66.7 Å². The number of benzene rings is 2. The number of thiazole rings is 1. The van der Waals surface area contributed by atoms with E-state index >= 15 is 0 Å². The van der Waals surface area contributed by atoms with Crippen LogP contribution in [0.2, 0.25) is 0 Å². The number of aromatic nitrogens is 1. The van der Waals surface area contributed by atoms with Gasteiger partial charge < -0.3 is 0 Å². The number of hydrogen-bond acceptors (Lipinski definition) is 5. The lowest BCUT2D eigenvalue weighted by atomic mass is 9.85. The van der Waals surface area contributed by atoms with Crippen LogP contribution in [0.1, 0.15) is 12.0 Å². The lowest BCUT2D eigenvalue weighted by molar-refractivity contribution is -0.123. The van der Waals surface area contributed by atoms with E-state index in [1.54, 1.807) is 23.1 Å². The Bertz CT molecular complexity index is 1190. The van der Waals surface area contributed by atoms with Gasteiger partial charge in [-0.15, -0.1) is 11.3 Å². The van der Waals surface area contributed by atoms with Gasteiger partial charge in [-0.1, -0.05) is 52.0 Å².